The van der Waals surface area contributed by atoms with E-state index in [4.69, 9.17) is 9.47 Å². The number of piperidine rings is 1. The highest BCUT2D eigenvalue weighted by molar-refractivity contribution is 5.85. The summed E-state index contributed by atoms with van der Waals surface area (Å²) in [5, 5.41) is 3.40. The molecule has 2 atom stereocenters. The van der Waals surface area contributed by atoms with E-state index in [0.717, 1.165) is 25.1 Å². The maximum atomic E-state index is 5.79. The Hall–Kier alpha value is -0.710. The fourth-order valence-corrected chi connectivity index (χ4v) is 1.83. The Kier molecular flexibility index (Phi) is 8.07. The predicted octanol–water partition coefficient (Wildman–Crippen LogP) is 2.45. The maximum absolute atomic E-state index is 5.79. The van der Waals surface area contributed by atoms with Crippen molar-refractivity contribution < 1.29 is 9.47 Å². The highest BCUT2D eigenvalue weighted by atomic mass is 35.5. The Morgan fingerprint density at radius 2 is 2.11 bits per heavy atom. The van der Waals surface area contributed by atoms with Crippen LogP contribution in [0.5, 0.6) is 11.6 Å². The first-order chi connectivity index (χ1) is 7.78. The largest absolute Gasteiger partial charge is 0.497 e. The minimum absolute atomic E-state index is 0. The molecule has 0 aliphatic carbocycles. The van der Waals surface area contributed by atoms with Gasteiger partial charge in [0.25, 0.3) is 0 Å². The second kappa shape index (κ2) is 8.40. The molecule has 18 heavy (non-hydrogen) atoms. The van der Waals surface area contributed by atoms with Gasteiger partial charge in [-0.2, -0.15) is 0 Å². The summed E-state index contributed by atoms with van der Waals surface area (Å²) in [5.74, 6) is 1.42. The van der Waals surface area contributed by atoms with E-state index in [1.165, 1.54) is 0 Å². The summed E-state index contributed by atoms with van der Waals surface area (Å²) in [7, 11) is 1.64. The van der Waals surface area contributed by atoms with Gasteiger partial charge in [-0.15, -0.1) is 24.8 Å². The van der Waals surface area contributed by atoms with Crippen LogP contribution in [0.2, 0.25) is 0 Å². The van der Waals surface area contributed by atoms with Crippen LogP contribution in [-0.4, -0.2) is 30.8 Å². The second-order valence-corrected chi connectivity index (χ2v) is 4.16. The molecule has 4 nitrogen and oxygen atoms in total. The number of methoxy groups -OCH3 is 1. The SMILES string of the molecule is COc1ccnc(OC2CCC(C)NC2)c1.Cl.Cl. The molecule has 2 rings (SSSR count). The Morgan fingerprint density at radius 3 is 2.72 bits per heavy atom. The van der Waals surface area contributed by atoms with Crippen molar-refractivity contribution in [2.45, 2.75) is 31.9 Å². The summed E-state index contributed by atoms with van der Waals surface area (Å²) in [6, 6.07) is 4.23. The number of halogens is 2. The first-order valence-corrected chi connectivity index (χ1v) is 5.68. The normalized spacial score (nSPS) is 22.3. The van der Waals surface area contributed by atoms with Gasteiger partial charge in [0.1, 0.15) is 11.9 Å². The van der Waals surface area contributed by atoms with E-state index in [1.54, 1.807) is 13.3 Å². The number of hydrogen-bond acceptors (Lipinski definition) is 4. The summed E-state index contributed by atoms with van der Waals surface area (Å²) >= 11 is 0. The fraction of sp³-hybridized carbons (Fsp3) is 0.583. The lowest BCUT2D eigenvalue weighted by molar-refractivity contribution is 0.146. The van der Waals surface area contributed by atoms with Gasteiger partial charge >= 0.3 is 0 Å². The van der Waals surface area contributed by atoms with Crippen molar-refractivity contribution in [1.29, 1.82) is 0 Å². The Labute approximate surface area is 120 Å². The van der Waals surface area contributed by atoms with E-state index in [2.05, 4.69) is 17.2 Å². The zero-order valence-electron chi connectivity index (χ0n) is 10.6. The standard InChI is InChI=1S/C12H18N2O2.2ClH/c1-9-3-4-11(8-14-9)16-12-7-10(15-2)5-6-13-12;;/h5-7,9,11,14H,3-4,8H2,1-2H3;2*1H. The second-order valence-electron chi connectivity index (χ2n) is 4.16. The highest BCUT2D eigenvalue weighted by Gasteiger charge is 2.19. The van der Waals surface area contributed by atoms with Crippen LogP contribution < -0.4 is 14.8 Å². The average molecular weight is 295 g/mol. The number of ether oxygens (including phenoxy) is 2. The fourth-order valence-electron chi connectivity index (χ4n) is 1.83. The lowest BCUT2D eigenvalue weighted by Crippen LogP contribution is -2.42. The van der Waals surface area contributed by atoms with Gasteiger partial charge in [0.05, 0.1) is 7.11 Å². The average Bonchev–Trinajstić information content (AvgIpc) is 2.32. The van der Waals surface area contributed by atoms with Crippen LogP contribution in [0.3, 0.4) is 0 Å². The molecule has 1 aromatic rings. The van der Waals surface area contributed by atoms with Crippen molar-refractivity contribution in [2.24, 2.45) is 0 Å². The summed E-state index contributed by atoms with van der Waals surface area (Å²) in [4.78, 5) is 4.17. The van der Waals surface area contributed by atoms with Crippen LogP contribution >= 0.6 is 24.8 Å². The van der Waals surface area contributed by atoms with Crippen LogP contribution in [0.4, 0.5) is 0 Å². The van der Waals surface area contributed by atoms with E-state index in [9.17, 15) is 0 Å². The van der Waals surface area contributed by atoms with E-state index in [1.807, 2.05) is 12.1 Å². The monoisotopic (exact) mass is 294 g/mol. The third kappa shape index (κ3) is 4.88. The van der Waals surface area contributed by atoms with Crippen LogP contribution in [0.15, 0.2) is 18.3 Å². The molecule has 0 amide bonds. The van der Waals surface area contributed by atoms with Gasteiger partial charge in [0, 0.05) is 24.8 Å². The van der Waals surface area contributed by atoms with E-state index >= 15 is 0 Å². The van der Waals surface area contributed by atoms with E-state index < -0.39 is 0 Å². The molecule has 1 aromatic heterocycles. The van der Waals surface area contributed by atoms with Crippen molar-refractivity contribution in [1.82, 2.24) is 10.3 Å². The summed E-state index contributed by atoms with van der Waals surface area (Å²) in [5.41, 5.74) is 0. The van der Waals surface area contributed by atoms with Crippen molar-refractivity contribution in [2.75, 3.05) is 13.7 Å². The lowest BCUT2D eigenvalue weighted by Gasteiger charge is -2.27. The van der Waals surface area contributed by atoms with Gasteiger partial charge in [-0.1, -0.05) is 0 Å². The quantitative estimate of drug-likeness (QED) is 0.930. The van der Waals surface area contributed by atoms with Crippen molar-refractivity contribution in [3.8, 4) is 11.6 Å². The molecule has 104 valence electrons. The first-order valence-electron chi connectivity index (χ1n) is 5.68. The van der Waals surface area contributed by atoms with Gasteiger partial charge in [-0.25, -0.2) is 4.98 Å². The van der Waals surface area contributed by atoms with Crippen LogP contribution in [0.1, 0.15) is 19.8 Å². The Bertz CT molecular complexity index is 345. The first kappa shape index (κ1) is 17.3. The van der Waals surface area contributed by atoms with Gasteiger partial charge in [-0.05, 0) is 25.8 Å². The molecule has 1 aliphatic rings. The highest BCUT2D eigenvalue weighted by Crippen LogP contribution is 2.19. The lowest BCUT2D eigenvalue weighted by atomic mass is 10.0. The van der Waals surface area contributed by atoms with Crippen molar-refractivity contribution >= 4 is 24.8 Å². The third-order valence-electron chi connectivity index (χ3n) is 2.85. The summed E-state index contributed by atoms with van der Waals surface area (Å²) < 4.78 is 10.9. The number of pyridine rings is 1. The molecule has 2 unspecified atom stereocenters. The van der Waals surface area contributed by atoms with Gasteiger partial charge < -0.3 is 14.8 Å². The number of nitrogens with zero attached hydrogens (tertiary/aromatic N) is 1. The topological polar surface area (TPSA) is 43.4 Å². The van der Waals surface area contributed by atoms with Crippen molar-refractivity contribution in [3.63, 3.8) is 0 Å². The number of nitrogens with one attached hydrogen (secondary N) is 1. The number of hydrogen-bond donors (Lipinski definition) is 1. The van der Waals surface area contributed by atoms with E-state index in [-0.39, 0.29) is 30.9 Å². The summed E-state index contributed by atoms with van der Waals surface area (Å²) in [6.45, 7) is 3.08. The van der Waals surface area contributed by atoms with Crippen LogP contribution in [0.25, 0.3) is 0 Å². The molecule has 0 aromatic carbocycles. The van der Waals surface area contributed by atoms with Crippen LogP contribution in [0, 0.1) is 0 Å². The molecule has 0 saturated carbocycles. The number of aromatic nitrogens is 1. The molecule has 0 radical (unpaired) electrons. The zero-order valence-corrected chi connectivity index (χ0v) is 12.2. The third-order valence-corrected chi connectivity index (χ3v) is 2.85. The smallest absolute Gasteiger partial charge is 0.217 e. The molecule has 1 N–H and O–H groups in total. The molecule has 1 aliphatic heterocycles. The molecule has 2 heterocycles. The Balaban J connectivity index is 0.00000144. The van der Waals surface area contributed by atoms with E-state index in [0.29, 0.717) is 11.9 Å². The minimum atomic E-state index is 0. The minimum Gasteiger partial charge on any atom is -0.497 e. The Morgan fingerprint density at radius 1 is 1.33 bits per heavy atom. The molecular weight excluding hydrogens is 275 g/mol. The number of rotatable bonds is 3. The van der Waals surface area contributed by atoms with Gasteiger partial charge in [0.15, 0.2) is 0 Å². The van der Waals surface area contributed by atoms with Gasteiger partial charge in [0.2, 0.25) is 5.88 Å². The maximum Gasteiger partial charge on any atom is 0.217 e. The molecule has 1 fully saturated rings. The zero-order chi connectivity index (χ0) is 11.4. The molecule has 1 saturated heterocycles. The molecule has 0 spiro atoms. The van der Waals surface area contributed by atoms with Crippen LogP contribution in [-0.2, 0) is 0 Å². The predicted molar refractivity (Wildman–Crippen MR) is 76.4 cm³/mol. The molecule has 6 heteroatoms. The molecule has 0 bridgehead atoms. The summed E-state index contributed by atoms with van der Waals surface area (Å²) in [6.07, 6.45) is 4.14. The van der Waals surface area contributed by atoms with Crippen molar-refractivity contribution in [3.05, 3.63) is 18.3 Å². The molecular formula is C12H20Cl2N2O2. The van der Waals surface area contributed by atoms with Gasteiger partial charge in [-0.3, -0.25) is 0 Å².